The summed E-state index contributed by atoms with van der Waals surface area (Å²) in [5.74, 6) is 0. The Morgan fingerprint density at radius 1 is 1.60 bits per heavy atom. The molecule has 3 heteroatoms. The Balaban J connectivity index is 2.02. The molecule has 0 spiro atoms. The molecule has 1 aliphatic heterocycles. The molecule has 0 atom stereocenters. The maximum atomic E-state index is 4.97. The fourth-order valence-electron chi connectivity index (χ4n) is 1.00. The number of hydrogen-bond donors (Lipinski definition) is 1. The predicted molar refractivity (Wildman–Crippen MR) is 41.2 cm³/mol. The Morgan fingerprint density at radius 2 is 2.30 bits per heavy atom. The number of likely N-dealkylation sites (N-methyl/N-ethyl adjacent to an activating group) is 1. The van der Waals surface area contributed by atoms with Crippen molar-refractivity contribution in [1.82, 2.24) is 10.2 Å². The molecular weight excluding hydrogens is 128 g/mol. The third kappa shape index (κ3) is 1.94. The van der Waals surface area contributed by atoms with Gasteiger partial charge in [0.15, 0.2) is 0 Å². The molecule has 1 heterocycles. The van der Waals surface area contributed by atoms with Crippen molar-refractivity contribution in [3.8, 4) is 0 Å². The van der Waals surface area contributed by atoms with E-state index in [4.69, 9.17) is 4.74 Å². The molecule has 0 unspecified atom stereocenters. The van der Waals surface area contributed by atoms with Crippen molar-refractivity contribution in [2.24, 2.45) is 0 Å². The lowest BCUT2D eigenvalue weighted by Gasteiger charge is -2.35. The summed E-state index contributed by atoms with van der Waals surface area (Å²) in [6, 6.07) is 0.746. The maximum absolute atomic E-state index is 4.97. The molecule has 1 rings (SSSR count). The Labute approximate surface area is 62.3 Å². The highest BCUT2D eigenvalue weighted by Gasteiger charge is 2.20. The molecule has 0 bridgehead atoms. The van der Waals surface area contributed by atoms with Gasteiger partial charge in [0.25, 0.3) is 0 Å². The second kappa shape index (κ2) is 3.91. The van der Waals surface area contributed by atoms with Gasteiger partial charge in [-0.1, -0.05) is 0 Å². The lowest BCUT2D eigenvalue weighted by Crippen LogP contribution is -2.56. The van der Waals surface area contributed by atoms with E-state index < -0.39 is 0 Å². The molecule has 0 aromatic heterocycles. The van der Waals surface area contributed by atoms with Crippen molar-refractivity contribution in [3.63, 3.8) is 0 Å². The SMILES string of the molecule is COCCN(C)C1CNC1. The molecule has 0 saturated carbocycles. The number of nitrogens with one attached hydrogen (secondary N) is 1. The summed E-state index contributed by atoms with van der Waals surface area (Å²) in [5.41, 5.74) is 0. The number of ether oxygens (including phenoxy) is 1. The van der Waals surface area contributed by atoms with Gasteiger partial charge in [-0.2, -0.15) is 0 Å². The van der Waals surface area contributed by atoms with Crippen LogP contribution in [0.2, 0.25) is 0 Å². The van der Waals surface area contributed by atoms with Crippen LogP contribution in [0.4, 0.5) is 0 Å². The highest BCUT2D eigenvalue weighted by atomic mass is 16.5. The first-order valence-corrected chi connectivity index (χ1v) is 3.74. The maximum Gasteiger partial charge on any atom is 0.0589 e. The second-order valence-corrected chi connectivity index (χ2v) is 2.79. The summed E-state index contributed by atoms with van der Waals surface area (Å²) in [7, 11) is 3.89. The van der Waals surface area contributed by atoms with Crippen LogP contribution in [0, 0.1) is 0 Å². The van der Waals surface area contributed by atoms with Gasteiger partial charge in [0.05, 0.1) is 6.61 Å². The molecule has 0 amide bonds. The first-order chi connectivity index (χ1) is 4.84. The highest BCUT2D eigenvalue weighted by Crippen LogP contribution is 2.00. The van der Waals surface area contributed by atoms with Crippen molar-refractivity contribution in [1.29, 1.82) is 0 Å². The van der Waals surface area contributed by atoms with Crippen LogP contribution in [-0.4, -0.2) is 51.3 Å². The predicted octanol–water partition coefficient (Wildman–Crippen LogP) is -0.464. The summed E-state index contributed by atoms with van der Waals surface area (Å²) >= 11 is 0. The van der Waals surface area contributed by atoms with E-state index in [2.05, 4.69) is 17.3 Å². The summed E-state index contributed by atoms with van der Waals surface area (Å²) in [5, 5.41) is 3.24. The molecule has 60 valence electrons. The second-order valence-electron chi connectivity index (χ2n) is 2.79. The third-order valence-electron chi connectivity index (χ3n) is 2.03. The van der Waals surface area contributed by atoms with Crippen LogP contribution in [0.3, 0.4) is 0 Å². The first-order valence-electron chi connectivity index (χ1n) is 3.74. The number of hydrogen-bond acceptors (Lipinski definition) is 3. The molecule has 1 saturated heterocycles. The summed E-state index contributed by atoms with van der Waals surface area (Å²) in [4.78, 5) is 2.33. The van der Waals surface area contributed by atoms with Crippen LogP contribution in [0.5, 0.6) is 0 Å². The van der Waals surface area contributed by atoms with Gasteiger partial charge in [0, 0.05) is 32.8 Å². The average Bonchev–Trinajstić information content (AvgIpc) is 1.79. The smallest absolute Gasteiger partial charge is 0.0589 e. The fourth-order valence-corrected chi connectivity index (χ4v) is 1.00. The van der Waals surface area contributed by atoms with Gasteiger partial charge in [-0.15, -0.1) is 0 Å². The van der Waals surface area contributed by atoms with Gasteiger partial charge in [-0.3, -0.25) is 4.90 Å². The van der Waals surface area contributed by atoms with Gasteiger partial charge in [-0.25, -0.2) is 0 Å². The fraction of sp³-hybridized carbons (Fsp3) is 1.00. The number of rotatable bonds is 4. The van der Waals surface area contributed by atoms with Gasteiger partial charge < -0.3 is 10.1 Å². The summed E-state index contributed by atoms with van der Waals surface area (Å²) in [6.07, 6.45) is 0. The van der Waals surface area contributed by atoms with E-state index in [0.717, 1.165) is 32.3 Å². The van der Waals surface area contributed by atoms with Gasteiger partial charge in [0.2, 0.25) is 0 Å². The molecule has 0 aliphatic carbocycles. The number of methoxy groups -OCH3 is 1. The first kappa shape index (κ1) is 7.98. The molecule has 0 aromatic carbocycles. The van der Waals surface area contributed by atoms with Crippen LogP contribution in [0.15, 0.2) is 0 Å². The van der Waals surface area contributed by atoms with Crippen LogP contribution < -0.4 is 5.32 Å². The molecule has 3 nitrogen and oxygen atoms in total. The van der Waals surface area contributed by atoms with E-state index >= 15 is 0 Å². The van der Waals surface area contributed by atoms with Gasteiger partial charge in [0.1, 0.15) is 0 Å². The zero-order valence-electron chi connectivity index (χ0n) is 6.76. The zero-order valence-corrected chi connectivity index (χ0v) is 6.76. The van der Waals surface area contributed by atoms with E-state index in [1.165, 1.54) is 0 Å². The Morgan fingerprint density at radius 3 is 2.70 bits per heavy atom. The van der Waals surface area contributed by atoms with E-state index in [9.17, 15) is 0 Å². The molecule has 0 radical (unpaired) electrons. The average molecular weight is 144 g/mol. The van der Waals surface area contributed by atoms with Crippen molar-refractivity contribution >= 4 is 0 Å². The summed E-state index contributed by atoms with van der Waals surface area (Å²) in [6.45, 7) is 4.16. The Hall–Kier alpha value is -0.120. The van der Waals surface area contributed by atoms with Gasteiger partial charge >= 0.3 is 0 Å². The lowest BCUT2D eigenvalue weighted by molar-refractivity contribution is 0.117. The normalized spacial score (nSPS) is 19.5. The minimum Gasteiger partial charge on any atom is -0.383 e. The van der Waals surface area contributed by atoms with Crippen molar-refractivity contribution < 1.29 is 4.74 Å². The van der Waals surface area contributed by atoms with Crippen LogP contribution in [0.25, 0.3) is 0 Å². The summed E-state index contributed by atoms with van der Waals surface area (Å²) < 4.78 is 4.97. The highest BCUT2D eigenvalue weighted by molar-refractivity contribution is 4.82. The minimum absolute atomic E-state index is 0.746. The van der Waals surface area contributed by atoms with Crippen LogP contribution >= 0.6 is 0 Å². The monoisotopic (exact) mass is 144 g/mol. The third-order valence-corrected chi connectivity index (χ3v) is 2.03. The van der Waals surface area contributed by atoms with E-state index in [1.807, 2.05) is 0 Å². The topological polar surface area (TPSA) is 24.5 Å². The molecular formula is C7H16N2O. The van der Waals surface area contributed by atoms with E-state index in [-0.39, 0.29) is 0 Å². The van der Waals surface area contributed by atoms with Crippen molar-refractivity contribution in [3.05, 3.63) is 0 Å². The van der Waals surface area contributed by atoms with Crippen molar-refractivity contribution in [2.45, 2.75) is 6.04 Å². The molecule has 0 aromatic rings. The molecule has 1 aliphatic rings. The lowest BCUT2D eigenvalue weighted by atomic mass is 10.1. The quantitative estimate of drug-likeness (QED) is 0.577. The van der Waals surface area contributed by atoms with Crippen molar-refractivity contribution in [2.75, 3.05) is 40.4 Å². The zero-order chi connectivity index (χ0) is 7.40. The minimum atomic E-state index is 0.746. The largest absolute Gasteiger partial charge is 0.383 e. The van der Waals surface area contributed by atoms with E-state index in [0.29, 0.717) is 0 Å². The molecule has 10 heavy (non-hydrogen) atoms. The molecule has 1 fully saturated rings. The standard InChI is InChI=1S/C7H16N2O/c1-9(3-4-10-2)7-5-8-6-7/h7-8H,3-6H2,1-2H3. The van der Waals surface area contributed by atoms with Gasteiger partial charge in [-0.05, 0) is 7.05 Å². The van der Waals surface area contributed by atoms with E-state index in [1.54, 1.807) is 7.11 Å². The van der Waals surface area contributed by atoms with Crippen LogP contribution in [0.1, 0.15) is 0 Å². The molecule has 1 N–H and O–H groups in total. The van der Waals surface area contributed by atoms with Crippen LogP contribution in [-0.2, 0) is 4.74 Å². The Bertz CT molecular complexity index is 93.6. The number of nitrogens with zero attached hydrogens (tertiary/aromatic N) is 1. The Kier molecular flexibility index (Phi) is 3.12.